The zero-order valence-corrected chi connectivity index (χ0v) is 28.9. The summed E-state index contributed by atoms with van der Waals surface area (Å²) >= 11 is 0. The molecular formula is C36H57NO8. The van der Waals surface area contributed by atoms with Gasteiger partial charge in [-0.25, -0.2) is 0 Å². The van der Waals surface area contributed by atoms with Gasteiger partial charge in [-0.2, -0.15) is 0 Å². The second-order valence-electron chi connectivity index (χ2n) is 16.6. The topological polar surface area (TPSA) is 134 Å². The summed E-state index contributed by atoms with van der Waals surface area (Å²) in [6.07, 6.45) is 4.66. The molecule has 3 N–H and O–H groups in total. The van der Waals surface area contributed by atoms with E-state index in [2.05, 4.69) is 41.5 Å². The Kier molecular flexibility index (Phi) is 8.98. The minimum absolute atomic E-state index is 0.0220. The van der Waals surface area contributed by atoms with Gasteiger partial charge in [0.25, 0.3) is 0 Å². The first kappa shape index (κ1) is 34.5. The molecule has 254 valence electrons. The standard InChI is InChI=1S/C36H57NO8/c1-20(2)21(3)32(5)12-13-34(7)24-10-11-27-33(6)18-43-19-36(27,25(24)14-28(39)35(34,8)29(32)31(40)41)15-26(45-22(4)38)30(33)44-17-23(37)16-42-9/h14,20-21,23-24,26-27,29-30H,10-13,15-19,37H2,1-9H3,(H,40,41)/t21-,23?,24+,26-,27+,29-,30?,32-,33+,34-,35+,36?/m1/s1. The van der Waals surface area contributed by atoms with E-state index in [0.717, 1.165) is 31.3 Å². The highest BCUT2D eigenvalue weighted by Crippen LogP contribution is 2.74. The average molecular weight is 632 g/mol. The number of carboxylic acids is 1. The van der Waals surface area contributed by atoms with Crippen LogP contribution in [0.2, 0.25) is 0 Å². The van der Waals surface area contributed by atoms with E-state index in [1.807, 2.05) is 13.0 Å². The van der Waals surface area contributed by atoms with Crippen LogP contribution in [-0.2, 0) is 33.3 Å². The number of nitrogens with two attached hydrogens (primary N) is 1. The highest BCUT2D eigenvalue weighted by atomic mass is 16.6. The van der Waals surface area contributed by atoms with Crippen molar-refractivity contribution in [2.24, 2.45) is 62.4 Å². The molecule has 1 saturated heterocycles. The molecule has 4 fully saturated rings. The van der Waals surface area contributed by atoms with Gasteiger partial charge in [0.2, 0.25) is 0 Å². The summed E-state index contributed by atoms with van der Waals surface area (Å²) in [7, 11) is 1.60. The molecule has 9 nitrogen and oxygen atoms in total. The van der Waals surface area contributed by atoms with Gasteiger partial charge in [-0.15, -0.1) is 0 Å². The van der Waals surface area contributed by atoms with E-state index in [0.29, 0.717) is 32.2 Å². The van der Waals surface area contributed by atoms with Crippen LogP contribution in [0, 0.1) is 56.7 Å². The molecule has 0 amide bonds. The number of hydrogen-bond donors (Lipinski definition) is 2. The number of carbonyl (C=O) groups excluding carboxylic acids is 2. The molecule has 9 heteroatoms. The van der Waals surface area contributed by atoms with Crippen molar-refractivity contribution in [2.75, 3.05) is 33.5 Å². The fourth-order valence-electron chi connectivity index (χ4n) is 11.5. The molecule has 0 aromatic heterocycles. The Morgan fingerprint density at radius 2 is 1.78 bits per heavy atom. The monoisotopic (exact) mass is 631 g/mol. The van der Waals surface area contributed by atoms with Crippen LogP contribution < -0.4 is 5.73 Å². The van der Waals surface area contributed by atoms with Crippen LogP contribution in [0.15, 0.2) is 11.6 Å². The number of esters is 1. The van der Waals surface area contributed by atoms with Crippen molar-refractivity contribution in [3.63, 3.8) is 0 Å². The molecule has 0 spiro atoms. The number of rotatable bonds is 9. The molecule has 5 rings (SSSR count). The lowest BCUT2D eigenvalue weighted by Gasteiger charge is -2.70. The smallest absolute Gasteiger partial charge is 0.308 e. The van der Waals surface area contributed by atoms with Crippen molar-refractivity contribution in [1.29, 1.82) is 0 Å². The molecular weight excluding hydrogens is 574 g/mol. The number of methoxy groups -OCH3 is 1. The number of aliphatic carboxylic acids is 1. The van der Waals surface area contributed by atoms with E-state index in [4.69, 9.17) is 24.7 Å². The summed E-state index contributed by atoms with van der Waals surface area (Å²) in [4.78, 5) is 40.6. The van der Waals surface area contributed by atoms with Crippen molar-refractivity contribution in [1.82, 2.24) is 0 Å². The fraction of sp³-hybridized carbons (Fsp3) is 0.861. The van der Waals surface area contributed by atoms with Crippen molar-refractivity contribution in [2.45, 2.75) is 106 Å². The van der Waals surface area contributed by atoms with Crippen LogP contribution in [0.5, 0.6) is 0 Å². The molecule has 45 heavy (non-hydrogen) atoms. The van der Waals surface area contributed by atoms with E-state index < -0.39 is 51.2 Å². The molecule has 12 atom stereocenters. The first-order chi connectivity index (χ1) is 20.9. The number of carboxylic acid groups (broad SMARTS) is 1. The largest absolute Gasteiger partial charge is 0.481 e. The third-order valence-electron chi connectivity index (χ3n) is 14.1. The Morgan fingerprint density at radius 3 is 2.38 bits per heavy atom. The Labute approximate surface area is 269 Å². The Bertz CT molecular complexity index is 1230. The molecule has 3 unspecified atom stereocenters. The van der Waals surface area contributed by atoms with Crippen LogP contribution in [0.3, 0.4) is 0 Å². The van der Waals surface area contributed by atoms with Gasteiger partial charge in [0.05, 0.1) is 38.4 Å². The number of fused-ring (bicyclic) bond motifs is 3. The number of ether oxygens (including phenoxy) is 4. The fourth-order valence-corrected chi connectivity index (χ4v) is 11.5. The second kappa shape index (κ2) is 11.7. The lowest BCUT2D eigenvalue weighted by Crippen LogP contribution is -2.71. The summed E-state index contributed by atoms with van der Waals surface area (Å²) in [5.74, 6) is -1.54. The van der Waals surface area contributed by atoms with E-state index in [-0.39, 0.29) is 42.2 Å². The molecule has 5 aliphatic rings. The summed E-state index contributed by atoms with van der Waals surface area (Å²) in [6, 6.07) is -0.322. The lowest BCUT2D eigenvalue weighted by atomic mass is 9.34. The maximum atomic E-state index is 14.8. The van der Waals surface area contributed by atoms with Gasteiger partial charge < -0.3 is 29.8 Å². The third kappa shape index (κ3) is 4.88. The van der Waals surface area contributed by atoms with Crippen LogP contribution in [0.25, 0.3) is 0 Å². The molecule has 0 aromatic rings. The zero-order chi connectivity index (χ0) is 33.3. The van der Waals surface area contributed by atoms with Crippen LogP contribution in [-0.4, -0.2) is 74.6 Å². The molecule has 1 heterocycles. The first-order valence-corrected chi connectivity index (χ1v) is 17.0. The van der Waals surface area contributed by atoms with Gasteiger partial charge in [-0.1, -0.05) is 54.0 Å². The minimum Gasteiger partial charge on any atom is -0.481 e. The van der Waals surface area contributed by atoms with Crippen LogP contribution in [0.4, 0.5) is 0 Å². The Balaban J connectivity index is 1.61. The Hall–Kier alpha value is -1.81. The molecule has 1 aliphatic heterocycles. The quantitative estimate of drug-likeness (QED) is 0.336. The third-order valence-corrected chi connectivity index (χ3v) is 14.1. The van der Waals surface area contributed by atoms with E-state index in [1.165, 1.54) is 6.92 Å². The molecule has 2 bridgehead atoms. The molecule has 0 aromatic carbocycles. The van der Waals surface area contributed by atoms with Crippen molar-refractivity contribution in [3.8, 4) is 0 Å². The molecule has 3 saturated carbocycles. The number of carbonyl (C=O) groups is 3. The minimum atomic E-state index is -1.06. The van der Waals surface area contributed by atoms with Crippen molar-refractivity contribution in [3.05, 3.63) is 11.6 Å². The van der Waals surface area contributed by atoms with Gasteiger partial charge in [-0.05, 0) is 72.7 Å². The number of ketones is 1. The van der Waals surface area contributed by atoms with Gasteiger partial charge in [0.1, 0.15) is 12.2 Å². The number of allylic oxidation sites excluding steroid dienone is 1. The SMILES string of the molecule is COCC(N)COC1[C@H](OC(C)=O)CC23COC[C@@]1(C)[C@@H]2CC[C@H]1C3=CC(=O)[C@@]2(C)[C@H](C(=O)O)[C@@](C)([C@H](C)C(C)C)CC[C@]12C. The first-order valence-electron chi connectivity index (χ1n) is 17.0. The molecule has 4 aliphatic carbocycles. The predicted molar refractivity (Wildman–Crippen MR) is 169 cm³/mol. The average Bonchev–Trinajstić information content (AvgIpc) is 2.93. The maximum Gasteiger partial charge on any atom is 0.308 e. The van der Waals surface area contributed by atoms with Crippen molar-refractivity contribution < 1.29 is 38.4 Å². The zero-order valence-electron chi connectivity index (χ0n) is 28.9. The normalized spacial score (nSPS) is 45.4. The van der Waals surface area contributed by atoms with Gasteiger partial charge >= 0.3 is 11.9 Å². The van der Waals surface area contributed by atoms with E-state index >= 15 is 0 Å². The summed E-state index contributed by atoms with van der Waals surface area (Å²) < 4.78 is 24.2. The highest BCUT2D eigenvalue weighted by molar-refractivity contribution is 6.00. The highest BCUT2D eigenvalue weighted by Gasteiger charge is 2.74. The van der Waals surface area contributed by atoms with Crippen molar-refractivity contribution >= 4 is 17.7 Å². The van der Waals surface area contributed by atoms with Crippen LogP contribution in [0.1, 0.15) is 87.5 Å². The second-order valence-corrected chi connectivity index (χ2v) is 16.6. The van der Waals surface area contributed by atoms with Gasteiger partial charge in [0.15, 0.2) is 5.78 Å². The number of hydrogen-bond acceptors (Lipinski definition) is 8. The van der Waals surface area contributed by atoms with Gasteiger partial charge in [-0.3, -0.25) is 14.4 Å². The van der Waals surface area contributed by atoms with Crippen LogP contribution >= 0.6 is 0 Å². The van der Waals surface area contributed by atoms with E-state index in [1.54, 1.807) is 7.11 Å². The summed E-state index contributed by atoms with van der Waals surface area (Å²) in [6.45, 7) is 17.8. The lowest BCUT2D eigenvalue weighted by molar-refractivity contribution is -0.266. The van der Waals surface area contributed by atoms with Gasteiger partial charge in [0, 0.05) is 30.3 Å². The van der Waals surface area contributed by atoms with E-state index in [9.17, 15) is 19.5 Å². The maximum absolute atomic E-state index is 14.8. The summed E-state index contributed by atoms with van der Waals surface area (Å²) in [5, 5.41) is 10.9. The predicted octanol–water partition coefficient (Wildman–Crippen LogP) is 5.04. The molecule has 0 radical (unpaired) electrons. The summed E-state index contributed by atoms with van der Waals surface area (Å²) in [5.41, 5.74) is 4.20. The Morgan fingerprint density at radius 1 is 1.09 bits per heavy atom.